The lowest BCUT2D eigenvalue weighted by atomic mass is 10.2. The van der Waals surface area contributed by atoms with E-state index in [0.29, 0.717) is 5.69 Å². The Balaban J connectivity index is 2.95. The summed E-state index contributed by atoms with van der Waals surface area (Å²) in [4.78, 5) is 3.58. The van der Waals surface area contributed by atoms with Crippen LogP contribution in [0.4, 0.5) is 4.39 Å². The Morgan fingerprint density at radius 1 is 1.64 bits per heavy atom. The van der Waals surface area contributed by atoms with Gasteiger partial charge in [-0.1, -0.05) is 12.1 Å². The number of rotatable bonds is 2. The minimum atomic E-state index is -0.514. The maximum absolute atomic E-state index is 12.5. The first-order valence-corrected chi connectivity index (χ1v) is 3.24. The molecule has 0 fully saturated rings. The molecule has 0 aliphatic heterocycles. The Hall–Kier alpha value is -1.22. The molecule has 0 amide bonds. The molecule has 0 spiro atoms. The standard InChI is InChI=1S/C8H9FN2/c1-2-6(10)7-4-3-5-8(9)11-7/h2-6H,1,10H2/t6-/m1/s1. The molecular weight excluding hydrogens is 143 g/mol. The lowest BCUT2D eigenvalue weighted by Crippen LogP contribution is -2.08. The topological polar surface area (TPSA) is 38.9 Å². The highest BCUT2D eigenvalue weighted by atomic mass is 19.1. The van der Waals surface area contributed by atoms with Gasteiger partial charge in [-0.3, -0.25) is 0 Å². The van der Waals surface area contributed by atoms with Gasteiger partial charge in [0.2, 0.25) is 5.95 Å². The van der Waals surface area contributed by atoms with Crippen LogP contribution in [-0.2, 0) is 0 Å². The summed E-state index contributed by atoms with van der Waals surface area (Å²) in [6, 6.07) is 4.13. The van der Waals surface area contributed by atoms with Gasteiger partial charge in [0.15, 0.2) is 0 Å². The SMILES string of the molecule is C=C[C@@H](N)c1cccc(F)n1. The van der Waals surface area contributed by atoms with E-state index in [2.05, 4.69) is 11.6 Å². The maximum Gasteiger partial charge on any atom is 0.213 e. The summed E-state index contributed by atoms with van der Waals surface area (Å²) in [5, 5.41) is 0. The minimum absolute atomic E-state index is 0.384. The molecule has 0 radical (unpaired) electrons. The van der Waals surface area contributed by atoms with E-state index in [0.717, 1.165) is 0 Å². The maximum atomic E-state index is 12.5. The van der Waals surface area contributed by atoms with E-state index < -0.39 is 5.95 Å². The summed E-state index contributed by atoms with van der Waals surface area (Å²) in [6.45, 7) is 3.48. The van der Waals surface area contributed by atoms with Gasteiger partial charge in [-0.15, -0.1) is 6.58 Å². The first-order chi connectivity index (χ1) is 5.24. The van der Waals surface area contributed by atoms with Crippen molar-refractivity contribution in [2.75, 3.05) is 0 Å². The van der Waals surface area contributed by atoms with Crippen molar-refractivity contribution in [3.8, 4) is 0 Å². The fraction of sp³-hybridized carbons (Fsp3) is 0.125. The fourth-order valence-electron chi connectivity index (χ4n) is 0.730. The van der Waals surface area contributed by atoms with Gasteiger partial charge in [0.1, 0.15) is 0 Å². The molecule has 0 aliphatic rings. The van der Waals surface area contributed by atoms with E-state index in [1.807, 2.05) is 0 Å². The predicted molar refractivity (Wildman–Crippen MR) is 41.3 cm³/mol. The van der Waals surface area contributed by atoms with Gasteiger partial charge in [0.05, 0.1) is 11.7 Å². The third kappa shape index (κ3) is 1.85. The monoisotopic (exact) mass is 152 g/mol. The molecule has 1 heterocycles. The van der Waals surface area contributed by atoms with Gasteiger partial charge in [0, 0.05) is 0 Å². The molecule has 58 valence electrons. The molecule has 2 N–H and O–H groups in total. The molecule has 1 rings (SSSR count). The van der Waals surface area contributed by atoms with Crippen molar-refractivity contribution in [2.24, 2.45) is 5.73 Å². The van der Waals surface area contributed by atoms with Crippen molar-refractivity contribution in [2.45, 2.75) is 6.04 Å². The van der Waals surface area contributed by atoms with Gasteiger partial charge < -0.3 is 5.73 Å². The van der Waals surface area contributed by atoms with Crippen LogP contribution in [0.1, 0.15) is 11.7 Å². The fourth-order valence-corrected chi connectivity index (χ4v) is 0.730. The van der Waals surface area contributed by atoms with Crippen molar-refractivity contribution < 1.29 is 4.39 Å². The smallest absolute Gasteiger partial charge is 0.213 e. The van der Waals surface area contributed by atoms with Gasteiger partial charge in [0.25, 0.3) is 0 Å². The molecule has 0 unspecified atom stereocenters. The summed E-state index contributed by atoms with van der Waals surface area (Å²) in [5.41, 5.74) is 6.02. The highest BCUT2D eigenvalue weighted by Gasteiger charge is 2.02. The molecule has 1 atom stereocenters. The van der Waals surface area contributed by atoms with Crippen LogP contribution in [0.3, 0.4) is 0 Å². The van der Waals surface area contributed by atoms with E-state index in [1.165, 1.54) is 12.1 Å². The molecule has 0 saturated heterocycles. The van der Waals surface area contributed by atoms with Crippen LogP contribution in [0.5, 0.6) is 0 Å². The lowest BCUT2D eigenvalue weighted by molar-refractivity contribution is 0.573. The number of hydrogen-bond acceptors (Lipinski definition) is 2. The predicted octanol–water partition coefficient (Wildman–Crippen LogP) is 1.41. The van der Waals surface area contributed by atoms with E-state index >= 15 is 0 Å². The first-order valence-electron chi connectivity index (χ1n) is 3.24. The Morgan fingerprint density at radius 3 is 2.91 bits per heavy atom. The summed E-state index contributed by atoms with van der Waals surface area (Å²) in [5.74, 6) is -0.514. The van der Waals surface area contributed by atoms with Crippen LogP contribution in [0.15, 0.2) is 30.9 Å². The molecular formula is C8H9FN2. The Labute approximate surface area is 64.6 Å². The molecule has 1 aromatic rings. The van der Waals surface area contributed by atoms with E-state index in [-0.39, 0.29) is 6.04 Å². The number of pyridine rings is 1. The van der Waals surface area contributed by atoms with Gasteiger partial charge in [-0.25, -0.2) is 4.98 Å². The Morgan fingerprint density at radius 2 is 2.36 bits per heavy atom. The van der Waals surface area contributed by atoms with Crippen molar-refractivity contribution in [1.29, 1.82) is 0 Å². The zero-order valence-corrected chi connectivity index (χ0v) is 6.00. The Bertz CT molecular complexity index is 260. The second-order valence-electron chi connectivity index (χ2n) is 2.15. The molecule has 0 bridgehead atoms. The minimum Gasteiger partial charge on any atom is -0.319 e. The van der Waals surface area contributed by atoms with Crippen molar-refractivity contribution >= 4 is 0 Å². The second kappa shape index (κ2) is 3.25. The van der Waals surface area contributed by atoms with Crippen LogP contribution in [0.2, 0.25) is 0 Å². The second-order valence-corrected chi connectivity index (χ2v) is 2.15. The number of nitrogens with zero attached hydrogens (tertiary/aromatic N) is 1. The molecule has 0 aromatic carbocycles. The van der Waals surface area contributed by atoms with Crippen LogP contribution < -0.4 is 5.73 Å². The quantitative estimate of drug-likeness (QED) is 0.514. The number of hydrogen-bond donors (Lipinski definition) is 1. The number of halogens is 1. The molecule has 1 aromatic heterocycles. The lowest BCUT2D eigenvalue weighted by Gasteiger charge is -2.03. The third-order valence-corrected chi connectivity index (χ3v) is 1.33. The van der Waals surface area contributed by atoms with Crippen molar-refractivity contribution in [3.05, 3.63) is 42.5 Å². The van der Waals surface area contributed by atoms with Crippen molar-refractivity contribution in [3.63, 3.8) is 0 Å². The number of aromatic nitrogens is 1. The summed E-state index contributed by atoms with van der Waals surface area (Å²) < 4.78 is 12.5. The third-order valence-electron chi connectivity index (χ3n) is 1.33. The number of nitrogens with two attached hydrogens (primary N) is 1. The largest absolute Gasteiger partial charge is 0.319 e. The van der Waals surface area contributed by atoms with Gasteiger partial charge in [-0.2, -0.15) is 4.39 Å². The van der Waals surface area contributed by atoms with Crippen molar-refractivity contribution in [1.82, 2.24) is 4.98 Å². The molecule has 0 aliphatic carbocycles. The van der Waals surface area contributed by atoms with Crippen LogP contribution in [-0.4, -0.2) is 4.98 Å². The molecule has 3 heteroatoms. The summed E-state index contributed by atoms with van der Waals surface area (Å²) in [7, 11) is 0. The summed E-state index contributed by atoms with van der Waals surface area (Å²) in [6.07, 6.45) is 1.52. The Kier molecular flexibility index (Phi) is 2.33. The highest BCUT2D eigenvalue weighted by Crippen LogP contribution is 2.07. The first kappa shape index (κ1) is 7.88. The van der Waals surface area contributed by atoms with Crippen LogP contribution in [0, 0.1) is 5.95 Å². The average molecular weight is 152 g/mol. The molecule has 2 nitrogen and oxygen atoms in total. The van der Waals surface area contributed by atoms with Gasteiger partial charge >= 0.3 is 0 Å². The van der Waals surface area contributed by atoms with Crippen LogP contribution in [0.25, 0.3) is 0 Å². The molecule has 0 saturated carbocycles. The van der Waals surface area contributed by atoms with E-state index in [4.69, 9.17) is 5.73 Å². The van der Waals surface area contributed by atoms with E-state index in [9.17, 15) is 4.39 Å². The van der Waals surface area contributed by atoms with Gasteiger partial charge in [-0.05, 0) is 12.1 Å². The summed E-state index contributed by atoms with van der Waals surface area (Å²) >= 11 is 0. The zero-order valence-electron chi connectivity index (χ0n) is 6.00. The average Bonchev–Trinajstić information content (AvgIpc) is 2.03. The highest BCUT2D eigenvalue weighted by molar-refractivity contribution is 5.12. The molecule has 11 heavy (non-hydrogen) atoms. The normalized spacial score (nSPS) is 12.5. The van der Waals surface area contributed by atoms with Crippen LogP contribution >= 0.6 is 0 Å². The van der Waals surface area contributed by atoms with E-state index in [1.54, 1.807) is 12.1 Å². The zero-order chi connectivity index (χ0) is 8.27.